The van der Waals surface area contributed by atoms with Gasteiger partial charge in [-0.1, -0.05) is 48.5 Å². The summed E-state index contributed by atoms with van der Waals surface area (Å²) in [6.45, 7) is -0.0813. The SMILES string of the molecule is NCCCC[C@H](NC(=O)OCC1c2ccccc2-c2ccccc21)C(=O)Nc1nc2c(ncn2[C@@H]2O[C@H](CO)[C@@H](O)[C@H]2O)c(=O)[nH]1. The maximum atomic E-state index is 13.4. The van der Waals surface area contributed by atoms with E-state index in [-0.39, 0.29) is 36.1 Å². The zero-order valence-corrected chi connectivity index (χ0v) is 24.7. The van der Waals surface area contributed by atoms with Crippen LogP contribution in [0.1, 0.15) is 42.5 Å². The number of fused-ring (bicyclic) bond motifs is 4. The van der Waals surface area contributed by atoms with E-state index in [4.69, 9.17) is 15.2 Å². The molecular weight excluding hydrogens is 598 g/mol. The minimum Gasteiger partial charge on any atom is -0.449 e. The van der Waals surface area contributed by atoms with Crippen LogP contribution in [0.4, 0.5) is 10.7 Å². The van der Waals surface area contributed by atoms with Gasteiger partial charge in [0.2, 0.25) is 11.9 Å². The number of imidazole rings is 1. The summed E-state index contributed by atoms with van der Waals surface area (Å²) in [4.78, 5) is 50.0. The minimum absolute atomic E-state index is 0.0435. The molecule has 8 N–H and O–H groups in total. The first-order valence-corrected chi connectivity index (χ1v) is 15.0. The predicted molar refractivity (Wildman–Crippen MR) is 165 cm³/mol. The second kappa shape index (κ2) is 13.4. The third-order valence-corrected chi connectivity index (χ3v) is 8.36. The first-order chi connectivity index (χ1) is 22.3. The van der Waals surface area contributed by atoms with Crippen molar-refractivity contribution in [2.24, 2.45) is 5.73 Å². The Morgan fingerprint density at radius 1 is 1.07 bits per heavy atom. The summed E-state index contributed by atoms with van der Waals surface area (Å²) in [5.74, 6) is -1.06. The lowest BCUT2D eigenvalue weighted by molar-refractivity contribution is -0.118. The van der Waals surface area contributed by atoms with Gasteiger partial charge in [-0.2, -0.15) is 4.98 Å². The van der Waals surface area contributed by atoms with Crippen LogP contribution in [-0.4, -0.2) is 91.0 Å². The molecule has 1 saturated heterocycles. The third-order valence-electron chi connectivity index (χ3n) is 8.36. The van der Waals surface area contributed by atoms with E-state index in [9.17, 15) is 29.7 Å². The smallest absolute Gasteiger partial charge is 0.407 e. The number of aliphatic hydroxyl groups excluding tert-OH is 3. The summed E-state index contributed by atoms with van der Waals surface area (Å²) in [7, 11) is 0. The van der Waals surface area contributed by atoms with E-state index in [0.29, 0.717) is 19.4 Å². The maximum Gasteiger partial charge on any atom is 0.407 e. The Morgan fingerprint density at radius 3 is 2.41 bits per heavy atom. The quantitative estimate of drug-likeness (QED) is 0.114. The first-order valence-electron chi connectivity index (χ1n) is 15.0. The van der Waals surface area contributed by atoms with Gasteiger partial charge in [-0.05, 0) is 48.1 Å². The number of benzene rings is 2. The third kappa shape index (κ3) is 5.98. The summed E-state index contributed by atoms with van der Waals surface area (Å²) in [6, 6.07) is 14.8. The number of rotatable bonds is 11. The normalized spacial score (nSPS) is 21.1. The van der Waals surface area contributed by atoms with E-state index < -0.39 is 54.7 Å². The zero-order chi connectivity index (χ0) is 32.4. The molecule has 1 fully saturated rings. The number of carbonyl (C=O) groups excluding carboxylic acids is 2. The molecule has 46 heavy (non-hydrogen) atoms. The van der Waals surface area contributed by atoms with E-state index in [0.717, 1.165) is 22.3 Å². The number of H-pyrrole nitrogens is 1. The standard InChI is InChI=1S/C31H35N7O8/c32-12-6-5-11-21(34-31(44)45-14-20-18-9-3-1-7-16(18)17-8-2-4-10-19(17)20)27(42)36-30-35-26-23(28(43)37-30)33-15-38(26)29-25(41)24(40)22(13-39)46-29/h1-4,7-10,15,20-22,24-25,29,39-41H,5-6,11-14,32H2,(H,34,44)(H2,35,36,37,42,43)/t21-,22+,24+,25+,29+/m0/s1. The number of nitrogens with zero attached hydrogens (tertiary/aromatic N) is 3. The summed E-state index contributed by atoms with van der Waals surface area (Å²) in [5, 5.41) is 35.3. The number of anilines is 1. The average molecular weight is 634 g/mol. The van der Waals surface area contributed by atoms with Gasteiger partial charge in [-0.15, -0.1) is 0 Å². The second-order valence-electron chi connectivity index (χ2n) is 11.3. The number of hydrogen-bond donors (Lipinski definition) is 7. The molecule has 1 aliphatic carbocycles. The lowest BCUT2D eigenvalue weighted by Gasteiger charge is -2.20. The van der Waals surface area contributed by atoms with Crippen LogP contribution in [0.15, 0.2) is 59.7 Å². The molecule has 1 aliphatic heterocycles. The fourth-order valence-electron chi connectivity index (χ4n) is 6.03. The van der Waals surface area contributed by atoms with Gasteiger partial charge in [0, 0.05) is 5.92 Å². The molecule has 0 bridgehead atoms. The van der Waals surface area contributed by atoms with E-state index in [2.05, 4.69) is 25.6 Å². The lowest BCUT2D eigenvalue weighted by atomic mass is 9.98. The molecular formula is C31H35N7O8. The molecule has 2 aliphatic rings. The fraction of sp³-hybridized carbons (Fsp3) is 0.387. The second-order valence-corrected chi connectivity index (χ2v) is 11.3. The molecule has 0 saturated carbocycles. The van der Waals surface area contributed by atoms with Gasteiger partial charge in [0.25, 0.3) is 5.56 Å². The van der Waals surface area contributed by atoms with E-state index in [1.165, 1.54) is 10.9 Å². The highest BCUT2D eigenvalue weighted by Crippen LogP contribution is 2.44. The van der Waals surface area contributed by atoms with Crippen molar-refractivity contribution in [2.75, 3.05) is 25.1 Å². The van der Waals surface area contributed by atoms with Crippen molar-refractivity contribution in [3.8, 4) is 11.1 Å². The molecule has 2 aromatic carbocycles. The molecule has 6 rings (SSSR count). The Kier molecular flexibility index (Phi) is 9.10. The van der Waals surface area contributed by atoms with Gasteiger partial charge in [0.1, 0.15) is 31.0 Å². The average Bonchev–Trinajstić information content (AvgIpc) is 3.71. The van der Waals surface area contributed by atoms with Gasteiger partial charge >= 0.3 is 6.09 Å². The predicted octanol–water partition coefficient (Wildman–Crippen LogP) is 0.706. The maximum absolute atomic E-state index is 13.4. The van der Waals surface area contributed by atoms with Crippen LogP contribution < -0.4 is 21.9 Å². The Labute approximate surface area is 262 Å². The molecule has 15 heteroatoms. The summed E-state index contributed by atoms with van der Waals surface area (Å²) in [6.07, 6.45) is -3.29. The Morgan fingerprint density at radius 2 is 1.76 bits per heavy atom. The minimum atomic E-state index is -1.44. The van der Waals surface area contributed by atoms with E-state index in [1.54, 1.807) is 0 Å². The number of nitrogens with one attached hydrogen (secondary N) is 3. The molecule has 5 atom stereocenters. The highest BCUT2D eigenvalue weighted by molar-refractivity contribution is 5.95. The number of nitrogens with two attached hydrogens (primary N) is 1. The largest absolute Gasteiger partial charge is 0.449 e. The van der Waals surface area contributed by atoms with Crippen LogP contribution in [0.25, 0.3) is 22.3 Å². The van der Waals surface area contributed by atoms with Crippen LogP contribution in [-0.2, 0) is 14.3 Å². The molecule has 0 spiro atoms. The van der Waals surface area contributed by atoms with Crippen LogP contribution in [0, 0.1) is 0 Å². The number of ether oxygens (including phenoxy) is 2. The molecule has 0 radical (unpaired) electrons. The molecule has 2 aromatic heterocycles. The van der Waals surface area contributed by atoms with Crippen LogP contribution in [0.5, 0.6) is 0 Å². The Balaban J connectivity index is 1.16. The van der Waals surface area contributed by atoms with Crippen molar-refractivity contribution in [3.05, 3.63) is 76.3 Å². The van der Waals surface area contributed by atoms with Crippen molar-refractivity contribution < 1.29 is 34.4 Å². The van der Waals surface area contributed by atoms with E-state index >= 15 is 0 Å². The van der Waals surface area contributed by atoms with Crippen molar-refractivity contribution in [2.45, 2.75) is 55.8 Å². The molecule has 3 heterocycles. The van der Waals surface area contributed by atoms with Crippen molar-refractivity contribution in [1.82, 2.24) is 24.8 Å². The number of aromatic amines is 1. The Bertz CT molecular complexity index is 1750. The summed E-state index contributed by atoms with van der Waals surface area (Å²) >= 11 is 0. The number of hydrogen-bond acceptors (Lipinski definition) is 11. The molecule has 15 nitrogen and oxygen atoms in total. The van der Waals surface area contributed by atoms with Gasteiger partial charge in [-0.3, -0.25) is 24.5 Å². The fourth-order valence-corrected chi connectivity index (χ4v) is 6.03. The summed E-state index contributed by atoms with van der Waals surface area (Å²) < 4.78 is 12.4. The monoisotopic (exact) mass is 633 g/mol. The number of aliphatic hydroxyl groups is 3. The first kappa shape index (κ1) is 31.3. The zero-order valence-electron chi connectivity index (χ0n) is 24.7. The number of alkyl carbamates (subject to hydrolysis) is 1. The number of carbonyl (C=O) groups is 2. The van der Waals surface area contributed by atoms with Gasteiger partial charge in [-0.25, -0.2) is 9.78 Å². The van der Waals surface area contributed by atoms with Gasteiger partial charge < -0.3 is 35.8 Å². The van der Waals surface area contributed by atoms with Crippen molar-refractivity contribution >= 4 is 29.1 Å². The van der Waals surface area contributed by atoms with Crippen LogP contribution >= 0.6 is 0 Å². The van der Waals surface area contributed by atoms with Crippen LogP contribution in [0.3, 0.4) is 0 Å². The Hall–Kier alpha value is -4.67. The number of amides is 2. The molecule has 242 valence electrons. The highest BCUT2D eigenvalue weighted by atomic mass is 16.6. The highest BCUT2D eigenvalue weighted by Gasteiger charge is 2.44. The molecule has 2 amide bonds. The van der Waals surface area contributed by atoms with Crippen molar-refractivity contribution in [1.29, 1.82) is 0 Å². The summed E-state index contributed by atoms with van der Waals surface area (Å²) in [5.41, 5.74) is 9.09. The molecule has 0 unspecified atom stereocenters. The van der Waals surface area contributed by atoms with Gasteiger partial charge in [0.15, 0.2) is 17.4 Å². The topological polar surface area (TPSA) is 227 Å². The lowest BCUT2D eigenvalue weighted by Crippen LogP contribution is -2.44. The number of unbranched alkanes of at least 4 members (excludes halogenated alkanes) is 1. The van der Waals surface area contributed by atoms with Crippen LogP contribution in [0.2, 0.25) is 0 Å². The van der Waals surface area contributed by atoms with E-state index in [1.807, 2.05) is 48.5 Å². The number of aromatic nitrogens is 4. The van der Waals surface area contributed by atoms with Gasteiger partial charge in [0.05, 0.1) is 12.9 Å². The van der Waals surface area contributed by atoms with Crippen molar-refractivity contribution in [3.63, 3.8) is 0 Å². The molecule has 4 aromatic rings.